The minimum Gasteiger partial charge on any atom is -0.352 e. The van der Waals surface area contributed by atoms with Crippen molar-refractivity contribution in [2.24, 2.45) is 5.92 Å². The number of hydrogen-bond acceptors (Lipinski definition) is 2. The van der Waals surface area contributed by atoms with Crippen LogP contribution in [-0.2, 0) is 0 Å². The Morgan fingerprint density at radius 3 is 2.18 bits per heavy atom. The highest BCUT2D eigenvalue weighted by Crippen LogP contribution is 2.19. The number of nitrogens with zero attached hydrogens (tertiary/aromatic N) is 1. The summed E-state index contributed by atoms with van der Waals surface area (Å²) in [5, 5.41) is 3.00. The standard InChI is InChI=1S/C19H24N2O/c1-15(14-21(2)3)13-20-19(22)18-11-9-17(10-12-18)16-7-5-4-6-8-16/h4-12,15H,13-14H2,1-3H3,(H,20,22)/t15-/m0/s1. The van der Waals surface area contributed by atoms with Crippen LogP contribution < -0.4 is 5.32 Å². The monoisotopic (exact) mass is 296 g/mol. The molecular formula is C19H24N2O. The van der Waals surface area contributed by atoms with Crippen molar-refractivity contribution >= 4 is 5.91 Å². The Labute approximate surface area is 133 Å². The highest BCUT2D eigenvalue weighted by atomic mass is 16.1. The van der Waals surface area contributed by atoms with Crippen molar-refractivity contribution in [3.63, 3.8) is 0 Å². The Balaban J connectivity index is 1.94. The molecule has 3 nitrogen and oxygen atoms in total. The Bertz CT molecular complexity index is 591. The molecule has 22 heavy (non-hydrogen) atoms. The first-order valence-corrected chi connectivity index (χ1v) is 7.64. The van der Waals surface area contributed by atoms with Gasteiger partial charge in [0.2, 0.25) is 0 Å². The normalized spacial score (nSPS) is 12.2. The summed E-state index contributed by atoms with van der Waals surface area (Å²) in [5.74, 6) is 0.424. The Hall–Kier alpha value is -2.13. The lowest BCUT2D eigenvalue weighted by Crippen LogP contribution is -2.32. The molecule has 1 amide bonds. The number of hydrogen-bond donors (Lipinski definition) is 1. The maximum atomic E-state index is 12.2. The van der Waals surface area contributed by atoms with E-state index >= 15 is 0 Å². The van der Waals surface area contributed by atoms with Crippen LogP contribution in [0.1, 0.15) is 17.3 Å². The molecule has 2 aromatic rings. The predicted octanol–water partition coefficient (Wildman–Crippen LogP) is 3.28. The first-order chi connectivity index (χ1) is 10.6. The van der Waals surface area contributed by atoms with Crippen LogP contribution >= 0.6 is 0 Å². The average molecular weight is 296 g/mol. The first kappa shape index (κ1) is 16.2. The molecule has 0 aliphatic heterocycles. The minimum atomic E-state index is -0.00906. The molecule has 0 aliphatic carbocycles. The summed E-state index contributed by atoms with van der Waals surface area (Å²) in [5.41, 5.74) is 2.99. The van der Waals surface area contributed by atoms with Gasteiger partial charge in [0.1, 0.15) is 0 Å². The van der Waals surface area contributed by atoms with Gasteiger partial charge in [-0.15, -0.1) is 0 Å². The zero-order valence-corrected chi connectivity index (χ0v) is 13.5. The fourth-order valence-corrected chi connectivity index (χ4v) is 2.50. The largest absolute Gasteiger partial charge is 0.352 e. The van der Waals surface area contributed by atoms with Crippen molar-refractivity contribution in [2.45, 2.75) is 6.92 Å². The van der Waals surface area contributed by atoms with E-state index in [2.05, 4.69) is 29.3 Å². The smallest absolute Gasteiger partial charge is 0.251 e. The highest BCUT2D eigenvalue weighted by Gasteiger charge is 2.09. The van der Waals surface area contributed by atoms with Gasteiger partial charge >= 0.3 is 0 Å². The van der Waals surface area contributed by atoms with E-state index in [0.29, 0.717) is 18.0 Å². The number of carbonyl (C=O) groups is 1. The maximum Gasteiger partial charge on any atom is 0.251 e. The van der Waals surface area contributed by atoms with Crippen LogP contribution in [0.5, 0.6) is 0 Å². The van der Waals surface area contributed by atoms with Crippen LogP contribution in [0.3, 0.4) is 0 Å². The molecule has 3 heteroatoms. The molecular weight excluding hydrogens is 272 g/mol. The summed E-state index contributed by atoms with van der Waals surface area (Å²) in [6, 6.07) is 17.9. The second-order valence-corrected chi connectivity index (χ2v) is 6.02. The van der Waals surface area contributed by atoms with Gasteiger partial charge in [0.25, 0.3) is 5.91 Å². The zero-order valence-electron chi connectivity index (χ0n) is 13.5. The van der Waals surface area contributed by atoms with Crippen molar-refractivity contribution in [2.75, 3.05) is 27.2 Å². The number of carbonyl (C=O) groups excluding carboxylic acids is 1. The van der Waals surface area contributed by atoms with Gasteiger partial charge < -0.3 is 10.2 Å². The van der Waals surface area contributed by atoms with Gasteiger partial charge in [-0.2, -0.15) is 0 Å². The van der Waals surface area contributed by atoms with Crippen LogP contribution in [0, 0.1) is 5.92 Å². The Morgan fingerprint density at radius 1 is 1.00 bits per heavy atom. The van der Waals surface area contributed by atoms with Crippen molar-refractivity contribution in [3.8, 4) is 11.1 Å². The SMILES string of the molecule is C[C@@H](CNC(=O)c1ccc(-c2ccccc2)cc1)CN(C)C. The van der Waals surface area contributed by atoms with Crippen molar-refractivity contribution < 1.29 is 4.79 Å². The summed E-state index contributed by atoms with van der Waals surface area (Å²) < 4.78 is 0. The number of amides is 1. The maximum absolute atomic E-state index is 12.2. The van der Waals surface area contributed by atoms with E-state index in [1.807, 2.05) is 56.6 Å². The molecule has 0 heterocycles. The first-order valence-electron chi connectivity index (χ1n) is 7.64. The zero-order chi connectivity index (χ0) is 15.9. The van der Waals surface area contributed by atoms with Crippen molar-refractivity contribution in [1.82, 2.24) is 10.2 Å². The van der Waals surface area contributed by atoms with Crippen LogP contribution in [0.4, 0.5) is 0 Å². The molecule has 0 aliphatic rings. The predicted molar refractivity (Wildman–Crippen MR) is 91.9 cm³/mol. The van der Waals surface area contributed by atoms with E-state index in [4.69, 9.17) is 0 Å². The van der Waals surface area contributed by atoms with Gasteiger partial charge in [-0.25, -0.2) is 0 Å². The third-order valence-electron chi connectivity index (χ3n) is 3.54. The van der Waals surface area contributed by atoms with Crippen LogP contribution in [0.15, 0.2) is 54.6 Å². The van der Waals surface area contributed by atoms with E-state index in [0.717, 1.165) is 17.7 Å². The third-order valence-corrected chi connectivity index (χ3v) is 3.54. The molecule has 0 radical (unpaired) electrons. The summed E-state index contributed by atoms with van der Waals surface area (Å²) in [6.07, 6.45) is 0. The third kappa shape index (κ3) is 4.71. The Kier molecular flexibility index (Phi) is 5.73. The lowest BCUT2D eigenvalue weighted by molar-refractivity contribution is 0.0946. The number of benzene rings is 2. The van der Waals surface area contributed by atoms with Crippen molar-refractivity contribution in [3.05, 3.63) is 60.2 Å². The van der Waals surface area contributed by atoms with Crippen LogP contribution in [-0.4, -0.2) is 38.0 Å². The highest BCUT2D eigenvalue weighted by molar-refractivity contribution is 5.94. The van der Waals surface area contributed by atoms with Crippen molar-refractivity contribution in [1.29, 1.82) is 0 Å². The van der Waals surface area contributed by atoms with E-state index in [9.17, 15) is 4.79 Å². The molecule has 0 fully saturated rings. The van der Waals surface area contributed by atoms with Crippen LogP contribution in [0.25, 0.3) is 11.1 Å². The fourth-order valence-electron chi connectivity index (χ4n) is 2.50. The quantitative estimate of drug-likeness (QED) is 0.887. The Morgan fingerprint density at radius 2 is 1.59 bits per heavy atom. The van der Waals surface area contributed by atoms with Gasteiger partial charge in [-0.05, 0) is 43.3 Å². The number of rotatable bonds is 6. The average Bonchev–Trinajstić information content (AvgIpc) is 2.53. The molecule has 0 saturated heterocycles. The lowest BCUT2D eigenvalue weighted by atomic mass is 10.0. The lowest BCUT2D eigenvalue weighted by Gasteiger charge is -2.17. The number of nitrogens with one attached hydrogen (secondary N) is 1. The fraction of sp³-hybridized carbons (Fsp3) is 0.316. The molecule has 0 unspecified atom stereocenters. The molecule has 116 valence electrons. The van der Waals surface area contributed by atoms with E-state index in [-0.39, 0.29) is 5.91 Å². The van der Waals surface area contributed by atoms with E-state index in [1.165, 1.54) is 0 Å². The summed E-state index contributed by atoms with van der Waals surface area (Å²) in [7, 11) is 4.08. The molecule has 0 saturated carbocycles. The summed E-state index contributed by atoms with van der Waals surface area (Å²) >= 11 is 0. The molecule has 0 bridgehead atoms. The van der Waals surface area contributed by atoms with Crippen LogP contribution in [0.2, 0.25) is 0 Å². The molecule has 2 aromatic carbocycles. The summed E-state index contributed by atoms with van der Waals surface area (Å²) in [4.78, 5) is 14.3. The second kappa shape index (κ2) is 7.76. The molecule has 1 N–H and O–H groups in total. The molecule has 0 spiro atoms. The molecule has 1 atom stereocenters. The van der Waals surface area contributed by atoms with Gasteiger partial charge in [-0.3, -0.25) is 4.79 Å². The minimum absolute atomic E-state index is 0.00906. The van der Waals surface area contributed by atoms with Gasteiger partial charge in [0.05, 0.1) is 0 Å². The molecule has 0 aromatic heterocycles. The summed E-state index contributed by atoms with van der Waals surface area (Å²) in [6.45, 7) is 3.80. The van der Waals surface area contributed by atoms with Gasteiger partial charge in [0.15, 0.2) is 0 Å². The van der Waals surface area contributed by atoms with E-state index in [1.54, 1.807) is 0 Å². The van der Waals surface area contributed by atoms with Gasteiger partial charge in [-0.1, -0.05) is 49.4 Å². The molecule has 2 rings (SSSR count). The van der Waals surface area contributed by atoms with E-state index < -0.39 is 0 Å². The topological polar surface area (TPSA) is 32.3 Å². The second-order valence-electron chi connectivity index (χ2n) is 6.02. The van der Waals surface area contributed by atoms with Gasteiger partial charge in [0, 0.05) is 18.7 Å².